The Labute approximate surface area is 111 Å². The van der Waals surface area contributed by atoms with Gasteiger partial charge < -0.3 is 15.1 Å². The molecule has 4 heteroatoms. The Morgan fingerprint density at radius 3 is 2.67 bits per heavy atom. The van der Waals surface area contributed by atoms with E-state index in [1.807, 2.05) is 4.90 Å². The zero-order valence-corrected chi connectivity index (χ0v) is 11.7. The lowest BCUT2D eigenvalue weighted by Gasteiger charge is -2.26. The second-order valence-electron chi connectivity index (χ2n) is 5.68. The molecule has 0 spiro atoms. The van der Waals surface area contributed by atoms with E-state index in [-0.39, 0.29) is 5.91 Å². The molecule has 2 rings (SSSR count). The summed E-state index contributed by atoms with van der Waals surface area (Å²) >= 11 is 0. The van der Waals surface area contributed by atoms with Crippen LogP contribution in [0.4, 0.5) is 0 Å². The Hall–Kier alpha value is -0.610. The third-order valence-corrected chi connectivity index (χ3v) is 4.35. The lowest BCUT2D eigenvalue weighted by Crippen LogP contribution is -2.35. The number of carbonyl (C=O) groups is 1. The standard InChI is InChI=1S/C14H27N3O/c1-13(18)17-9-2-8-16(11-12-17)10-5-14-3-6-15-7-4-14/h14-15H,2-12H2,1H3. The molecule has 2 fully saturated rings. The van der Waals surface area contributed by atoms with E-state index < -0.39 is 0 Å². The fraction of sp³-hybridized carbons (Fsp3) is 0.929. The minimum atomic E-state index is 0.232. The fourth-order valence-corrected chi connectivity index (χ4v) is 3.04. The van der Waals surface area contributed by atoms with Crippen molar-refractivity contribution in [2.45, 2.75) is 32.6 Å². The molecular formula is C14H27N3O. The van der Waals surface area contributed by atoms with Crippen LogP contribution in [0.2, 0.25) is 0 Å². The summed E-state index contributed by atoms with van der Waals surface area (Å²) in [5.74, 6) is 1.15. The highest BCUT2D eigenvalue weighted by molar-refractivity contribution is 5.73. The van der Waals surface area contributed by atoms with Gasteiger partial charge in [-0.1, -0.05) is 0 Å². The summed E-state index contributed by atoms with van der Waals surface area (Å²) in [5.41, 5.74) is 0. The molecule has 1 N–H and O–H groups in total. The summed E-state index contributed by atoms with van der Waals surface area (Å²) in [6.07, 6.45) is 5.15. The van der Waals surface area contributed by atoms with Crippen molar-refractivity contribution in [3.8, 4) is 0 Å². The molecule has 18 heavy (non-hydrogen) atoms. The van der Waals surface area contributed by atoms with E-state index in [1.54, 1.807) is 6.92 Å². The van der Waals surface area contributed by atoms with Crippen LogP contribution in [0.5, 0.6) is 0 Å². The van der Waals surface area contributed by atoms with Crippen molar-refractivity contribution in [1.29, 1.82) is 0 Å². The normalized spacial score (nSPS) is 23.9. The summed E-state index contributed by atoms with van der Waals surface area (Å²) in [4.78, 5) is 15.9. The van der Waals surface area contributed by atoms with Crippen molar-refractivity contribution < 1.29 is 4.79 Å². The first-order valence-corrected chi connectivity index (χ1v) is 7.44. The van der Waals surface area contributed by atoms with Crippen molar-refractivity contribution in [2.75, 3.05) is 45.8 Å². The number of amides is 1. The minimum Gasteiger partial charge on any atom is -0.342 e. The van der Waals surface area contributed by atoms with Gasteiger partial charge in [-0.05, 0) is 57.8 Å². The molecule has 0 unspecified atom stereocenters. The maximum Gasteiger partial charge on any atom is 0.219 e. The smallest absolute Gasteiger partial charge is 0.219 e. The quantitative estimate of drug-likeness (QED) is 0.813. The highest BCUT2D eigenvalue weighted by atomic mass is 16.2. The summed E-state index contributed by atoms with van der Waals surface area (Å²) < 4.78 is 0. The van der Waals surface area contributed by atoms with Gasteiger partial charge in [-0.15, -0.1) is 0 Å². The molecule has 0 aromatic carbocycles. The van der Waals surface area contributed by atoms with Gasteiger partial charge in [-0.2, -0.15) is 0 Å². The molecule has 0 aromatic heterocycles. The van der Waals surface area contributed by atoms with E-state index in [9.17, 15) is 4.79 Å². The third kappa shape index (κ3) is 4.25. The Morgan fingerprint density at radius 1 is 1.17 bits per heavy atom. The minimum absolute atomic E-state index is 0.232. The van der Waals surface area contributed by atoms with Gasteiger partial charge in [0.25, 0.3) is 0 Å². The molecule has 0 atom stereocenters. The molecule has 0 saturated carbocycles. The predicted molar refractivity (Wildman–Crippen MR) is 73.5 cm³/mol. The van der Waals surface area contributed by atoms with Gasteiger partial charge in [-0.25, -0.2) is 0 Å². The van der Waals surface area contributed by atoms with Crippen LogP contribution in [0.15, 0.2) is 0 Å². The number of rotatable bonds is 3. The number of nitrogens with zero attached hydrogens (tertiary/aromatic N) is 2. The topological polar surface area (TPSA) is 35.6 Å². The molecule has 0 radical (unpaired) electrons. The zero-order valence-electron chi connectivity index (χ0n) is 11.7. The van der Waals surface area contributed by atoms with Gasteiger partial charge >= 0.3 is 0 Å². The van der Waals surface area contributed by atoms with Crippen LogP contribution in [0.1, 0.15) is 32.6 Å². The monoisotopic (exact) mass is 253 g/mol. The lowest BCUT2D eigenvalue weighted by atomic mass is 9.94. The maximum atomic E-state index is 11.4. The molecule has 4 nitrogen and oxygen atoms in total. The fourth-order valence-electron chi connectivity index (χ4n) is 3.04. The van der Waals surface area contributed by atoms with Gasteiger partial charge in [0.2, 0.25) is 5.91 Å². The third-order valence-electron chi connectivity index (χ3n) is 4.35. The molecule has 2 aliphatic rings. The number of nitrogens with one attached hydrogen (secondary N) is 1. The molecule has 104 valence electrons. The second-order valence-corrected chi connectivity index (χ2v) is 5.68. The molecule has 2 aliphatic heterocycles. The highest BCUT2D eigenvalue weighted by Gasteiger charge is 2.18. The van der Waals surface area contributed by atoms with E-state index in [0.29, 0.717) is 0 Å². The van der Waals surface area contributed by atoms with Crippen molar-refractivity contribution in [2.24, 2.45) is 5.92 Å². The van der Waals surface area contributed by atoms with Gasteiger partial charge in [0, 0.05) is 26.6 Å². The summed E-state index contributed by atoms with van der Waals surface area (Å²) in [7, 11) is 0. The molecule has 1 amide bonds. The Morgan fingerprint density at radius 2 is 1.94 bits per heavy atom. The predicted octanol–water partition coefficient (Wildman–Crippen LogP) is 0.930. The van der Waals surface area contributed by atoms with E-state index in [0.717, 1.165) is 38.5 Å². The van der Waals surface area contributed by atoms with Gasteiger partial charge in [0.05, 0.1) is 0 Å². The van der Waals surface area contributed by atoms with E-state index in [1.165, 1.54) is 38.9 Å². The molecule has 0 aromatic rings. The first-order chi connectivity index (χ1) is 8.75. The summed E-state index contributed by atoms with van der Waals surface area (Å²) in [5, 5.41) is 3.42. The van der Waals surface area contributed by atoms with Gasteiger partial charge in [0.15, 0.2) is 0 Å². The second kappa shape index (κ2) is 7.10. The maximum absolute atomic E-state index is 11.4. The van der Waals surface area contributed by atoms with Crippen LogP contribution < -0.4 is 5.32 Å². The zero-order chi connectivity index (χ0) is 12.8. The summed E-state index contributed by atoms with van der Waals surface area (Å²) in [6.45, 7) is 9.38. The Bertz CT molecular complexity index is 264. The number of hydrogen-bond donors (Lipinski definition) is 1. The summed E-state index contributed by atoms with van der Waals surface area (Å²) in [6, 6.07) is 0. The van der Waals surface area contributed by atoms with Crippen LogP contribution in [0, 0.1) is 5.92 Å². The van der Waals surface area contributed by atoms with Crippen molar-refractivity contribution >= 4 is 5.91 Å². The average Bonchev–Trinajstić information content (AvgIpc) is 2.63. The van der Waals surface area contributed by atoms with Gasteiger partial charge in [-0.3, -0.25) is 4.79 Å². The first-order valence-electron chi connectivity index (χ1n) is 7.44. The number of piperidine rings is 1. The highest BCUT2D eigenvalue weighted by Crippen LogP contribution is 2.16. The average molecular weight is 253 g/mol. The van der Waals surface area contributed by atoms with Gasteiger partial charge in [0.1, 0.15) is 0 Å². The molecule has 2 heterocycles. The van der Waals surface area contributed by atoms with Crippen LogP contribution in [0.3, 0.4) is 0 Å². The molecule has 0 bridgehead atoms. The molecule has 0 aliphatic carbocycles. The number of carbonyl (C=O) groups excluding carboxylic acids is 1. The molecule has 2 saturated heterocycles. The largest absolute Gasteiger partial charge is 0.342 e. The molecular weight excluding hydrogens is 226 g/mol. The Balaban J connectivity index is 1.68. The van der Waals surface area contributed by atoms with Crippen molar-refractivity contribution in [3.05, 3.63) is 0 Å². The van der Waals surface area contributed by atoms with Crippen LogP contribution in [-0.4, -0.2) is 61.5 Å². The van der Waals surface area contributed by atoms with E-state index in [4.69, 9.17) is 0 Å². The Kier molecular flexibility index (Phi) is 5.45. The van der Waals surface area contributed by atoms with E-state index >= 15 is 0 Å². The SMILES string of the molecule is CC(=O)N1CCCN(CCC2CCNCC2)CC1. The lowest BCUT2D eigenvalue weighted by molar-refractivity contribution is -0.128. The first kappa shape index (κ1) is 13.8. The van der Waals surface area contributed by atoms with Crippen LogP contribution in [-0.2, 0) is 4.79 Å². The van der Waals surface area contributed by atoms with Crippen LogP contribution >= 0.6 is 0 Å². The van der Waals surface area contributed by atoms with Crippen molar-refractivity contribution in [1.82, 2.24) is 15.1 Å². The van der Waals surface area contributed by atoms with E-state index in [2.05, 4.69) is 10.2 Å². The van der Waals surface area contributed by atoms with Crippen molar-refractivity contribution in [3.63, 3.8) is 0 Å². The number of hydrogen-bond acceptors (Lipinski definition) is 3. The van der Waals surface area contributed by atoms with Crippen LogP contribution in [0.25, 0.3) is 0 Å².